The van der Waals surface area contributed by atoms with E-state index in [1.807, 2.05) is 32.0 Å². The van der Waals surface area contributed by atoms with Gasteiger partial charge in [0.25, 0.3) is 11.6 Å². The first-order chi connectivity index (χ1) is 11.4. The van der Waals surface area contributed by atoms with E-state index in [9.17, 15) is 14.9 Å². The van der Waals surface area contributed by atoms with Gasteiger partial charge in [-0.1, -0.05) is 29.3 Å². The van der Waals surface area contributed by atoms with E-state index in [-0.39, 0.29) is 29.4 Å². The molecule has 0 aliphatic heterocycles. The van der Waals surface area contributed by atoms with Crippen LogP contribution in [0.4, 0.5) is 5.69 Å². The lowest BCUT2D eigenvalue weighted by Crippen LogP contribution is -2.28. The highest BCUT2D eigenvalue weighted by Gasteiger charge is 2.20. The van der Waals surface area contributed by atoms with E-state index in [0.29, 0.717) is 0 Å². The van der Waals surface area contributed by atoms with Crippen LogP contribution in [0.3, 0.4) is 0 Å². The molecule has 0 fully saturated rings. The summed E-state index contributed by atoms with van der Waals surface area (Å²) in [6.45, 7) is 4.41. The summed E-state index contributed by atoms with van der Waals surface area (Å²) >= 11 is 5.81. The molecule has 0 aromatic heterocycles. The number of nitrogens with zero attached hydrogens (tertiary/aromatic N) is 1. The zero-order chi connectivity index (χ0) is 17.7. The monoisotopic (exact) mass is 348 g/mol. The summed E-state index contributed by atoms with van der Waals surface area (Å²) < 4.78 is 5.60. The molecule has 24 heavy (non-hydrogen) atoms. The van der Waals surface area contributed by atoms with Crippen LogP contribution >= 0.6 is 11.6 Å². The maximum absolute atomic E-state index is 12.1. The van der Waals surface area contributed by atoms with Gasteiger partial charge in [0, 0.05) is 11.1 Å². The minimum Gasteiger partial charge on any atom is -0.491 e. The highest BCUT2D eigenvalue weighted by molar-refractivity contribution is 6.31. The summed E-state index contributed by atoms with van der Waals surface area (Å²) in [5.74, 6) is 0.178. The van der Waals surface area contributed by atoms with Gasteiger partial charge in [-0.25, -0.2) is 0 Å². The molecule has 0 aliphatic carbocycles. The third-order valence-corrected chi connectivity index (χ3v) is 3.61. The molecule has 0 saturated heterocycles. The number of rotatable bonds is 6. The molecule has 0 atom stereocenters. The molecule has 6 nitrogen and oxygen atoms in total. The van der Waals surface area contributed by atoms with Crippen LogP contribution in [0, 0.1) is 24.0 Å². The van der Waals surface area contributed by atoms with Crippen LogP contribution in [0.25, 0.3) is 0 Å². The average Bonchev–Trinajstić information content (AvgIpc) is 2.52. The molecule has 2 aromatic carbocycles. The lowest BCUT2D eigenvalue weighted by Gasteiger charge is -2.10. The van der Waals surface area contributed by atoms with Crippen LogP contribution in [0.15, 0.2) is 36.4 Å². The number of amides is 1. The molecule has 0 radical (unpaired) electrons. The van der Waals surface area contributed by atoms with Gasteiger partial charge < -0.3 is 10.1 Å². The second-order valence-corrected chi connectivity index (χ2v) is 5.73. The third-order valence-electron chi connectivity index (χ3n) is 3.38. The number of ether oxygens (including phenoxy) is 1. The molecule has 0 bridgehead atoms. The molecule has 0 saturated carbocycles. The second-order valence-electron chi connectivity index (χ2n) is 5.29. The Bertz CT molecular complexity index is 777. The van der Waals surface area contributed by atoms with E-state index in [4.69, 9.17) is 16.3 Å². The molecule has 0 unspecified atom stereocenters. The van der Waals surface area contributed by atoms with Crippen LogP contribution in [0.5, 0.6) is 5.75 Å². The molecular weight excluding hydrogens is 332 g/mol. The van der Waals surface area contributed by atoms with Crippen LogP contribution in [-0.4, -0.2) is 24.0 Å². The number of halogens is 1. The van der Waals surface area contributed by atoms with Gasteiger partial charge in [0.15, 0.2) is 0 Å². The average molecular weight is 349 g/mol. The molecule has 0 spiro atoms. The smallest absolute Gasteiger partial charge is 0.282 e. The van der Waals surface area contributed by atoms with Gasteiger partial charge in [0.1, 0.15) is 17.9 Å². The Kier molecular flexibility index (Phi) is 5.76. The van der Waals surface area contributed by atoms with E-state index >= 15 is 0 Å². The molecule has 2 rings (SSSR count). The topological polar surface area (TPSA) is 81.5 Å². The van der Waals surface area contributed by atoms with E-state index < -0.39 is 10.8 Å². The summed E-state index contributed by atoms with van der Waals surface area (Å²) in [5, 5.41) is 13.8. The normalized spacial score (nSPS) is 10.3. The summed E-state index contributed by atoms with van der Waals surface area (Å²) in [6.07, 6.45) is 0. The number of aryl methyl sites for hydroxylation is 2. The largest absolute Gasteiger partial charge is 0.491 e. The van der Waals surface area contributed by atoms with Crippen LogP contribution in [0.2, 0.25) is 5.02 Å². The number of nitro groups is 1. The van der Waals surface area contributed by atoms with Crippen molar-refractivity contribution in [1.82, 2.24) is 5.32 Å². The van der Waals surface area contributed by atoms with Crippen LogP contribution < -0.4 is 10.1 Å². The summed E-state index contributed by atoms with van der Waals surface area (Å²) in [7, 11) is 0. The van der Waals surface area contributed by atoms with Gasteiger partial charge in [-0.3, -0.25) is 14.9 Å². The highest BCUT2D eigenvalue weighted by atomic mass is 35.5. The first kappa shape index (κ1) is 17.7. The lowest BCUT2D eigenvalue weighted by atomic mass is 10.1. The lowest BCUT2D eigenvalue weighted by molar-refractivity contribution is -0.385. The van der Waals surface area contributed by atoms with Crippen LogP contribution in [-0.2, 0) is 0 Å². The van der Waals surface area contributed by atoms with Crippen molar-refractivity contribution in [2.45, 2.75) is 13.8 Å². The number of hydrogen-bond donors (Lipinski definition) is 1. The second kappa shape index (κ2) is 7.79. The molecule has 0 aliphatic rings. The van der Waals surface area contributed by atoms with Crippen molar-refractivity contribution in [2.24, 2.45) is 0 Å². The highest BCUT2D eigenvalue weighted by Crippen LogP contribution is 2.22. The Labute approximate surface area is 144 Å². The predicted molar refractivity (Wildman–Crippen MR) is 91.9 cm³/mol. The molecule has 0 heterocycles. The Balaban J connectivity index is 1.94. The zero-order valence-electron chi connectivity index (χ0n) is 13.3. The molecule has 7 heteroatoms. The van der Waals surface area contributed by atoms with Crippen molar-refractivity contribution < 1.29 is 14.5 Å². The van der Waals surface area contributed by atoms with Crippen molar-refractivity contribution in [3.05, 3.63) is 68.2 Å². The number of hydrogen-bond acceptors (Lipinski definition) is 4. The Hall–Kier alpha value is -2.60. The first-order valence-corrected chi connectivity index (χ1v) is 7.68. The number of carbonyl (C=O) groups is 1. The van der Waals surface area contributed by atoms with E-state index in [2.05, 4.69) is 5.32 Å². The molecule has 2 aromatic rings. The Morgan fingerprint density at radius 3 is 2.67 bits per heavy atom. The first-order valence-electron chi connectivity index (χ1n) is 7.30. The number of nitro benzene ring substituents is 1. The van der Waals surface area contributed by atoms with Gasteiger partial charge in [0.2, 0.25) is 0 Å². The molecule has 1 amide bonds. The van der Waals surface area contributed by atoms with E-state index in [1.54, 1.807) is 0 Å². The maximum Gasteiger partial charge on any atom is 0.282 e. The van der Waals surface area contributed by atoms with Crippen molar-refractivity contribution in [2.75, 3.05) is 13.2 Å². The van der Waals surface area contributed by atoms with Gasteiger partial charge in [-0.15, -0.1) is 0 Å². The van der Waals surface area contributed by atoms with Gasteiger partial charge >= 0.3 is 0 Å². The van der Waals surface area contributed by atoms with Crippen molar-refractivity contribution in [3.63, 3.8) is 0 Å². The summed E-state index contributed by atoms with van der Waals surface area (Å²) in [6, 6.07) is 9.68. The minimum atomic E-state index is -0.614. The number of nitrogens with one attached hydrogen (secondary N) is 1. The fraction of sp³-hybridized carbons (Fsp3) is 0.235. The zero-order valence-corrected chi connectivity index (χ0v) is 14.1. The van der Waals surface area contributed by atoms with Crippen molar-refractivity contribution >= 4 is 23.2 Å². The standard InChI is InChI=1S/C17H17ClN2O4/c1-11-3-6-16(12(2)9-11)24-8-7-19-17(21)14-10-13(18)4-5-15(14)20(22)23/h3-6,9-10H,7-8H2,1-2H3,(H,19,21). The summed E-state index contributed by atoms with van der Waals surface area (Å²) in [5.41, 5.74) is 1.79. The fourth-order valence-electron chi connectivity index (χ4n) is 2.23. The van der Waals surface area contributed by atoms with E-state index in [0.717, 1.165) is 16.9 Å². The predicted octanol–water partition coefficient (Wildman–Crippen LogP) is 3.67. The maximum atomic E-state index is 12.1. The Morgan fingerprint density at radius 2 is 2.00 bits per heavy atom. The fourth-order valence-corrected chi connectivity index (χ4v) is 2.40. The van der Waals surface area contributed by atoms with Gasteiger partial charge in [0.05, 0.1) is 11.5 Å². The molecular formula is C17H17ClN2O4. The van der Waals surface area contributed by atoms with E-state index in [1.165, 1.54) is 18.2 Å². The van der Waals surface area contributed by atoms with Crippen molar-refractivity contribution in [1.29, 1.82) is 0 Å². The molecule has 126 valence electrons. The molecule has 1 N–H and O–H groups in total. The number of benzene rings is 2. The Morgan fingerprint density at radius 1 is 1.25 bits per heavy atom. The third kappa shape index (κ3) is 4.45. The number of carbonyl (C=O) groups excluding carboxylic acids is 1. The minimum absolute atomic E-state index is 0.0704. The summed E-state index contributed by atoms with van der Waals surface area (Å²) in [4.78, 5) is 22.5. The SMILES string of the molecule is Cc1ccc(OCCNC(=O)c2cc(Cl)ccc2[N+](=O)[O-])c(C)c1. The quantitative estimate of drug-likeness (QED) is 0.490. The van der Waals surface area contributed by atoms with Gasteiger partial charge in [-0.05, 0) is 37.6 Å². The van der Waals surface area contributed by atoms with Crippen molar-refractivity contribution in [3.8, 4) is 5.75 Å². The van der Waals surface area contributed by atoms with Gasteiger partial charge in [-0.2, -0.15) is 0 Å². The van der Waals surface area contributed by atoms with Crippen LogP contribution in [0.1, 0.15) is 21.5 Å².